The summed E-state index contributed by atoms with van der Waals surface area (Å²) < 4.78 is 0. The lowest BCUT2D eigenvalue weighted by atomic mass is 9.86. The molecule has 0 spiro atoms. The highest BCUT2D eigenvalue weighted by atomic mass is 14.3. The van der Waals surface area contributed by atoms with Gasteiger partial charge in [0.2, 0.25) is 0 Å². The third-order valence-corrected chi connectivity index (χ3v) is 2.44. The molecule has 0 aromatic carbocycles. The molecule has 2 rings (SSSR count). The van der Waals surface area contributed by atoms with E-state index in [1.54, 1.807) is 0 Å². The number of hydrogen-bond acceptors (Lipinski definition) is 0. The van der Waals surface area contributed by atoms with Crippen molar-refractivity contribution in [3.8, 4) is 0 Å². The van der Waals surface area contributed by atoms with Crippen LogP contribution in [0.25, 0.3) is 0 Å². The van der Waals surface area contributed by atoms with Crippen LogP contribution in [0, 0.1) is 11.8 Å². The van der Waals surface area contributed by atoms with Gasteiger partial charge in [-0.3, -0.25) is 0 Å². The minimum absolute atomic E-state index is 0.898. The van der Waals surface area contributed by atoms with Gasteiger partial charge in [0, 0.05) is 0 Å². The van der Waals surface area contributed by atoms with Crippen molar-refractivity contribution in [1.29, 1.82) is 0 Å². The van der Waals surface area contributed by atoms with Crippen molar-refractivity contribution in [2.24, 2.45) is 11.8 Å². The highest BCUT2D eigenvalue weighted by molar-refractivity contribution is 5.08. The van der Waals surface area contributed by atoms with Gasteiger partial charge in [0.05, 0.1) is 0 Å². The quantitative estimate of drug-likeness (QED) is 0.431. The van der Waals surface area contributed by atoms with E-state index in [0.717, 1.165) is 11.8 Å². The Morgan fingerprint density at radius 3 is 2.56 bits per heavy atom. The molecule has 0 nitrogen and oxygen atoms in total. The standard InChI is InChI=1S/C9H12/c1-2-5-9-7-3-6-8(9)4-1/h1-3,6,8-9H,4-5,7H2/t8-,9-/m1/s1. The van der Waals surface area contributed by atoms with Crippen molar-refractivity contribution < 1.29 is 0 Å². The molecule has 0 aromatic rings. The monoisotopic (exact) mass is 120 g/mol. The molecular formula is C9H12. The van der Waals surface area contributed by atoms with Crippen LogP contribution in [0.4, 0.5) is 0 Å². The zero-order chi connectivity index (χ0) is 6.10. The predicted molar refractivity (Wildman–Crippen MR) is 39.1 cm³/mol. The Labute approximate surface area is 56.3 Å². The fourth-order valence-electron chi connectivity index (χ4n) is 1.83. The molecule has 0 saturated carbocycles. The summed E-state index contributed by atoms with van der Waals surface area (Å²) in [4.78, 5) is 0. The van der Waals surface area contributed by atoms with E-state index < -0.39 is 0 Å². The van der Waals surface area contributed by atoms with Gasteiger partial charge in [0.1, 0.15) is 0 Å². The van der Waals surface area contributed by atoms with Crippen LogP contribution in [0.2, 0.25) is 0 Å². The van der Waals surface area contributed by atoms with E-state index in [-0.39, 0.29) is 0 Å². The van der Waals surface area contributed by atoms with Gasteiger partial charge in [-0.05, 0) is 31.1 Å². The van der Waals surface area contributed by atoms with Crippen molar-refractivity contribution in [1.82, 2.24) is 0 Å². The number of allylic oxidation sites excluding steroid dienone is 4. The fraction of sp³-hybridized carbons (Fsp3) is 0.556. The van der Waals surface area contributed by atoms with Crippen molar-refractivity contribution >= 4 is 0 Å². The molecule has 2 aliphatic rings. The van der Waals surface area contributed by atoms with E-state index in [1.165, 1.54) is 19.3 Å². The summed E-state index contributed by atoms with van der Waals surface area (Å²) in [6.07, 6.45) is 13.3. The summed E-state index contributed by atoms with van der Waals surface area (Å²) in [5, 5.41) is 0. The van der Waals surface area contributed by atoms with Gasteiger partial charge in [-0.2, -0.15) is 0 Å². The van der Waals surface area contributed by atoms with Crippen LogP contribution in [0.5, 0.6) is 0 Å². The van der Waals surface area contributed by atoms with Crippen LogP contribution in [-0.4, -0.2) is 0 Å². The Bertz CT molecular complexity index is 153. The SMILES string of the molecule is C1=CC[C@@H]2C=CC[C@H]2C1. The Balaban J connectivity index is 2.13. The second kappa shape index (κ2) is 2.02. The zero-order valence-corrected chi connectivity index (χ0v) is 5.59. The van der Waals surface area contributed by atoms with Gasteiger partial charge in [0.15, 0.2) is 0 Å². The molecule has 0 heterocycles. The first kappa shape index (κ1) is 5.28. The van der Waals surface area contributed by atoms with Crippen LogP contribution in [0.15, 0.2) is 24.3 Å². The largest absolute Gasteiger partial charge is 0.0882 e. The van der Waals surface area contributed by atoms with Gasteiger partial charge in [-0.25, -0.2) is 0 Å². The molecule has 0 fully saturated rings. The van der Waals surface area contributed by atoms with Crippen molar-refractivity contribution in [3.63, 3.8) is 0 Å². The summed E-state index contributed by atoms with van der Waals surface area (Å²) in [7, 11) is 0. The first-order chi connectivity index (χ1) is 4.47. The van der Waals surface area contributed by atoms with Crippen LogP contribution >= 0.6 is 0 Å². The molecule has 0 bridgehead atoms. The molecule has 2 atom stereocenters. The first-order valence-electron chi connectivity index (χ1n) is 3.78. The number of hydrogen-bond donors (Lipinski definition) is 0. The van der Waals surface area contributed by atoms with Gasteiger partial charge >= 0.3 is 0 Å². The average molecular weight is 120 g/mol. The molecule has 0 N–H and O–H groups in total. The zero-order valence-electron chi connectivity index (χ0n) is 5.59. The highest BCUT2D eigenvalue weighted by Crippen LogP contribution is 2.33. The Kier molecular flexibility index (Phi) is 1.18. The normalized spacial score (nSPS) is 39.1. The summed E-state index contributed by atoms with van der Waals surface area (Å²) >= 11 is 0. The Morgan fingerprint density at radius 1 is 0.889 bits per heavy atom. The van der Waals surface area contributed by atoms with Gasteiger partial charge < -0.3 is 0 Å². The predicted octanol–water partition coefficient (Wildman–Crippen LogP) is 2.53. The maximum atomic E-state index is 2.38. The van der Waals surface area contributed by atoms with Crippen LogP contribution in [0.1, 0.15) is 19.3 Å². The molecule has 0 amide bonds. The van der Waals surface area contributed by atoms with Gasteiger partial charge in [0.25, 0.3) is 0 Å². The number of rotatable bonds is 0. The summed E-state index contributed by atoms with van der Waals surface area (Å²) in [6.45, 7) is 0. The minimum Gasteiger partial charge on any atom is -0.0882 e. The van der Waals surface area contributed by atoms with Crippen molar-refractivity contribution in [3.05, 3.63) is 24.3 Å². The maximum Gasteiger partial charge on any atom is -0.0165 e. The Morgan fingerprint density at radius 2 is 1.67 bits per heavy atom. The third kappa shape index (κ3) is 0.827. The summed E-state index contributed by atoms with van der Waals surface area (Å²) in [5.74, 6) is 1.87. The molecule has 2 aliphatic carbocycles. The molecule has 0 aliphatic heterocycles. The van der Waals surface area contributed by atoms with E-state index in [9.17, 15) is 0 Å². The summed E-state index contributed by atoms with van der Waals surface area (Å²) in [6, 6.07) is 0. The minimum atomic E-state index is 0.898. The van der Waals surface area contributed by atoms with Crippen molar-refractivity contribution in [2.75, 3.05) is 0 Å². The Hall–Kier alpha value is -0.520. The first-order valence-corrected chi connectivity index (χ1v) is 3.78. The van der Waals surface area contributed by atoms with Gasteiger partial charge in [-0.15, -0.1) is 0 Å². The molecular weight excluding hydrogens is 108 g/mol. The van der Waals surface area contributed by atoms with Crippen LogP contribution < -0.4 is 0 Å². The van der Waals surface area contributed by atoms with E-state index in [0.29, 0.717) is 0 Å². The smallest absolute Gasteiger partial charge is 0.0165 e. The fourth-order valence-corrected chi connectivity index (χ4v) is 1.83. The lowest BCUT2D eigenvalue weighted by molar-refractivity contribution is 0.415. The molecule has 48 valence electrons. The maximum absolute atomic E-state index is 2.38. The molecule has 0 radical (unpaired) electrons. The molecule has 0 unspecified atom stereocenters. The second-order valence-electron chi connectivity index (χ2n) is 3.03. The second-order valence-corrected chi connectivity index (χ2v) is 3.03. The highest BCUT2D eigenvalue weighted by Gasteiger charge is 2.22. The van der Waals surface area contributed by atoms with Crippen LogP contribution in [0.3, 0.4) is 0 Å². The summed E-state index contributed by atoms with van der Waals surface area (Å²) in [5.41, 5.74) is 0. The molecule has 0 aromatic heterocycles. The number of fused-ring (bicyclic) bond motifs is 1. The van der Waals surface area contributed by atoms with E-state index in [2.05, 4.69) is 24.3 Å². The van der Waals surface area contributed by atoms with E-state index >= 15 is 0 Å². The van der Waals surface area contributed by atoms with Crippen LogP contribution in [-0.2, 0) is 0 Å². The molecule has 0 heteroatoms. The molecule has 9 heavy (non-hydrogen) atoms. The molecule has 0 saturated heterocycles. The van der Waals surface area contributed by atoms with Crippen molar-refractivity contribution in [2.45, 2.75) is 19.3 Å². The average Bonchev–Trinajstić information content (AvgIpc) is 2.33. The van der Waals surface area contributed by atoms with E-state index in [4.69, 9.17) is 0 Å². The lowest BCUT2D eigenvalue weighted by Crippen LogP contribution is -2.09. The third-order valence-electron chi connectivity index (χ3n) is 2.44. The topological polar surface area (TPSA) is 0 Å². The van der Waals surface area contributed by atoms with E-state index in [1.807, 2.05) is 0 Å². The van der Waals surface area contributed by atoms with Gasteiger partial charge in [-0.1, -0.05) is 24.3 Å². The lowest BCUT2D eigenvalue weighted by Gasteiger charge is -2.19.